The molecular formula is C10H11ClN4O2S. The molecule has 0 fully saturated rings. The minimum Gasteiger partial charge on any atom is -0.399 e. The van der Waals surface area contributed by atoms with Gasteiger partial charge in [0.15, 0.2) is 5.82 Å². The van der Waals surface area contributed by atoms with Gasteiger partial charge in [0.2, 0.25) is 0 Å². The van der Waals surface area contributed by atoms with E-state index in [1.165, 1.54) is 22.9 Å². The fourth-order valence-corrected chi connectivity index (χ4v) is 2.95. The molecule has 2 aromatic rings. The summed E-state index contributed by atoms with van der Waals surface area (Å²) in [4.78, 5) is -0.0379. The number of benzene rings is 1. The van der Waals surface area contributed by atoms with Crippen molar-refractivity contribution in [2.45, 2.75) is 4.90 Å². The molecule has 8 heteroatoms. The lowest BCUT2D eigenvalue weighted by Crippen LogP contribution is -2.14. The van der Waals surface area contributed by atoms with Crippen LogP contribution in [0.4, 0.5) is 11.5 Å². The van der Waals surface area contributed by atoms with Crippen molar-refractivity contribution in [3.63, 3.8) is 0 Å². The molecule has 0 saturated carbocycles. The van der Waals surface area contributed by atoms with E-state index < -0.39 is 10.0 Å². The number of nitrogens with two attached hydrogens (primary N) is 1. The summed E-state index contributed by atoms with van der Waals surface area (Å²) in [5.74, 6) is 0.227. The molecule has 0 saturated heterocycles. The zero-order chi connectivity index (χ0) is 13.3. The van der Waals surface area contributed by atoms with E-state index in [4.69, 9.17) is 17.3 Å². The molecule has 0 atom stereocenters. The molecule has 1 aromatic carbocycles. The SMILES string of the molecule is Cn1ccc(NS(=O)(=O)c2ccc(N)cc2Cl)n1. The number of aromatic nitrogens is 2. The Kier molecular flexibility index (Phi) is 3.18. The van der Waals surface area contributed by atoms with E-state index in [2.05, 4.69) is 9.82 Å². The highest BCUT2D eigenvalue weighted by molar-refractivity contribution is 7.92. The van der Waals surface area contributed by atoms with E-state index in [1.807, 2.05) is 0 Å². The van der Waals surface area contributed by atoms with Crippen molar-refractivity contribution >= 4 is 33.1 Å². The zero-order valence-corrected chi connectivity index (χ0v) is 11.0. The minimum atomic E-state index is -3.76. The van der Waals surface area contributed by atoms with Crippen molar-refractivity contribution < 1.29 is 8.42 Å². The van der Waals surface area contributed by atoms with Gasteiger partial charge in [-0.15, -0.1) is 0 Å². The first-order valence-corrected chi connectivity index (χ1v) is 6.82. The van der Waals surface area contributed by atoms with E-state index >= 15 is 0 Å². The smallest absolute Gasteiger partial charge is 0.264 e. The van der Waals surface area contributed by atoms with E-state index in [1.54, 1.807) is 19.3 Å². The monoisotopic (exact) mass is 286 g/mol. The Hall–Kier alpha value is -1.73. The summed E-state index contributed by atoms with van der Waals surface area (Å²) >= 11 is 5.86. The molecule has 1 aromatic heterocycles. The van der Waals surface area contributed by atoms with E-state index in [0.29, 0.717) is 5.69 Å². The summed E-state index contributed by atoms with van der Waals surface area (Å²) in [5.41, 5.74) is 5.91. The number of halogens is 1. The van der Waals surface area contributed by atoms with Crippen LogP contribution in [0.15, 0.2) is 35.4 Å². The number of nitrogens with zero attached hydrogens (tertiary/aromatic N) is 2. The highest BCUT2D eigenvalue weighted by Gasteiger charge is 2.18. The number of nitrogens with one attached hydrogen (secondary N) is 1. The standard InChI is InChI=1S/C10H11ClN4O2S/c1-15-5-4-10(13-15)14-18(16,17)9-3-2-7(12)6-8(9)11/h2-6H,12H2,1H3,(H,13,14). The Morgan fingerprint density at radius 1 is 1.39 bits per heavy atom. The summed E-state index contributed by atoms with van der Waals surface area (Å²) in [6.45, 7) is 0. The first-order chi connectivity index (χ1) is 8.38. The molecule has 2 rings (SSSR count). The van der Waals surface area contributed by atoms with Crippen molar-refractivity contribution in [1.82, 2.24) is 9.78 Å². The summed E-state index contributed by atoms with van der Waals surface area (Å²) < 4.78 is 27.9. The number of aryl methyl sites for hydroxylation is 1. The van der Waals surface area contributed by atoms with Crippen molar-refractivity contribution in [2.75, 3.05) is 10.5 Å². The zero-order valence-electron chi connectivity index (χ0n) is 9.46. The third-order valence-corrected chi connectivity index (χ3v) is 4.04. The molecule has 1 heterocycles. The van der Waals surface area contributed by atoms with Gasteiger partial charge in [0.1, 0.15) is 4.90 Å². The summed E-state index contributed by atoms with van der Waals surface area (Å²) in [6, 6.07) is 5.75. The maximum Gasteiger partial charge on any atom is 0.264 e. The highest BCUT2D eigenvalue weighted by atomic mass is 35.5. The van der Waals surface area contributed by atoms with Crippen LogP contribution in [-0.2, 0) is 17.1 Å². The second-order valence-corrected chi connectivity index (χ2v) is 5.73. The largest absolute Gasteiger partial charge is 0.399 e. The van der Waals surface area contributed by atoms with Crippen LogP contribution in [0.25, 0.3) is 0 Å². The van der Waals surface area contributed by atoms with E-state index in [9.17, 15) is 8.42 Å². The van der Waals surface area contributed by atoms with Gasteiger partial charge in [-0.05, 0) is 18.2 Å². The third kappa shape index (κ3) is 2.57. The van der Waals surface area contributed by atoms with Crippen molar-refractivity contribution in [3.05, 3.63) is 35.5 Å². The fraction of sp³-hybridized carbons (Fsp3) is 0.100. The van der Waals surface area contributed by atoms with Gasteiger partial charge in [0.25, 0.3) is 10.0 Å². The molecule has 0 spiro atoms. The fourth-order valence-electron chi connectivity index (χ4n) is 1.40. The van der Waals surface area contributed by atoms with Crippen molar-refractivity contribution in [1.29, 1.82) is 0 Å². The van der Waals surface area contributed by atoms with Gasteiger partial charge in [0.05, 0.1) is 5.02 Å². The average molecular weight is 287 g/mol. The van der Waals surface area contributed by atoms with Gasteiger partial charge in [-0.3, -0.25) is 9.40 Å². The molecule has 0 aliphatic carbocycles. The van der Waals surface area contributed by atoms with Crippen molar-refractivity contribution in [2.24, 2.45) is 7.05 Å². The predicted octanol–water partition coefficient (Wildman–Crippen LogP) is 1.46. The predicted molar refractivity (Wildman–Crippen MR) is 69.9 cm³/mol. The Balaban J connectivity index is 2.36. The Morgan fingerprint density at radius 3 is 2.67 bits per heavy atom. The summed E-state index contributed by atoms with van der Waals surface area (Å²) in [5, 5.41) is 4.00. The maximum atomic E-state index is 12.1. The van der Waals surface area contributed by atoms with Crippen LogP contribution in [0.3, 0.4) is 0 Å². The lowest BCUT2D eigenvalue weighted by atomic mass is 10.3. The quantitative estimate of drug-likeness (QED) is 0.836. The molecule has 0 amide bonds. The molecule has 0 radical (unpaired) electrons. The first kappa shape index (κ1) is 12.7. The molecule has 18 heavy (non-hydrogen) atoms. The average Bonchev–Trinajstić information content (AvgIpc) is 2.62. The number of sulfonamides is 1. The lowest BCUT2D eigenvalue weighted by Gasteiger charge is -2.07. The molecule has 0 bridgehead atoms. The Labute approximate surface area is 109 Å². The number of hydrogen-bond donors (Lipinski definition) is 2. The molecule has 0 aliphatic rings. The topological polar surface area (TPSA) is 90.0 Å². The van der Waals surface area contributed by atoms with Crippen molar-refractivity contribution in [3.8, 4) is 0 Å². The second-order valence-electron chi connectivity index (χ2n) is 3.67. The van der Waals surface area contributed by atoms with Crippen LogP contribution in [-0.4, -0.2) is 18.2 Å². The van der Waals surface area contributed by atoms with Gasteiger partial charge in [0, 0.05) is 25.0 Å². The van der Waals surface area contributed by atoms with Gasteiger partial charge >= 0.3 is 0 Å². The Morgan fingerprint density at radius 2 is 2.11 bits per heavy atom. The summed E-state index contributed by atoms with van der Waals surface area (Å²) in [6.07, 6.45) is 1.63. The van der Waals surface area contributed by atoms with Crippen LogP contribution in [0.2, 0.25) is 5.02 Å². The van der Waals surface area contributed by atoms with Crippen LogP contribution < -0.4 is 10.5 Å². The van der Waals surface area contributed by atoms with E-state index in [-0.39, 0.29) is 15.7 Å². The van der Waals surface area contributed by atoms with Gasteiger partial charge in [-0.2, -0.15) is 5.10 Å². The molecular weight excluding hydrogens is 276 g/mol. The van der Waals surface area contributed by atoms with Crippen LogP contribution >= 0.6 is 11.6 Å². The highest BCUT2D eigenvalue weighted by Crippen LogP contribution is 2.25. The normalized spacial score (nSPS) is 11.4. The second kappa shape index (κ2) is 4.51. The van der Waals surface area contributed by atoms with Crippen LogP contribution in [0.1, 0.15) is 0 Å². The molecule has 6 nitrogen and oxygen atoms in total. The Bertz CT molecular complexity index is 681. The minimum absolute atomic E-state index is 0.0379. The lowest BCUT2D eigenvalue weighted by molar-refractivity contribution is 0.601. The number of hydrogen-bond acceptors (Lipinski definition) is 4. The van der Waals surface area contributed by atoms with Gasteiger partial charge in [-0.25, -0.2) is 8.42 Å². The first-order valence-electron chi connectivity index (χ1n) is 4.96. The van der Waals surface area contributed by atoms with Crippen LogP contribution in [0, 0.1) is 0 Å². The maximum absolute atomic E-state index is 12.1. The molecule has 0 aliphatic heterocycles. The van der Waals surface area contributed by atoms with Crippen LogP contribution in [0.5, 0.6) is 0 Å². The molecule has 96 valence electrons. The number of nitrogen functional groups attached to an aromatic ring is 1. The van der Waals surface area contributed by atoms with Gasteiger partial charge in [-0.1, -0.05) is 11.6 Å². The number of rotatable bonds is 3. The molecule has 3 N–H and O–H groups in total. The third-order valence-electron chi connectivity index (χ3n) is 2.20. The number of anilines is 2. The molecule has 0 unspecified atom stereocenters. The summed E-state index contributed by atoms with van der Waals surface area (Å²) in [7, 11) is -2.07. The van der Waals surface area contributed by atoms with Gasteiger partial charge < -0.3 is 5.73 Å². The van der Waals surface area contributed by atoms with E-state index in [0.717, 1.165) is 0 Å².